The smallest absolute Gasteiger partial charge is 0.136 e. The molecular weight excluding hydrogens is 162 g/mol. The minimum atomic E-state index is -0.319. The summed E-state index contributed by atoms with van der Waals surface area (Å²) in [6, 6.07) is 7.95. The maximum atomic E-state index is 10.3. The molecule has 0 spiro atoms. The fraction of sp³-hybridized carbons (Fsp3) is 0.364. The molecule has 2 heteroatoms. The van der Waals surface area contributed by atoms with E-state index < -0.39 is 0 Å². The Morgan fingerprint density at radius 3 is 2.92 bits per heavy atom. The van der Waals surface area contributed by atoms with Crippen LogP contribution in [0.25, 0.3) is 0 Å². The van der Waals surface area contributed by atoms with Crippen LogP contribution >= 0.6 is 0 Å². The zero-order valence-corrected chi connectivity index (χ0v) is 7.86. The summed E-state index contributed by atoms with van der Waals surface area (Å²) in [7, 11) is 0. The van der Waals surface area contributed by atoms with Crippen molar-refractivity contribution in [2.24, 2.45) is 5.73 Å². The molecule has 0 fully saturated rings. The first kappa shape index (κ1) is 9.93. The first-order chi connectivity index (χ1) is 6.22. The Hall–Kier alpha value is -1.15. The van der Waals surface area contributed by atoms with Gasteiger partial charge >= 0.3 is 0 Å². The van der Waals surface area contributed by atoms with E-state index in [-0.39, 0.29) is 6.04 Å². The Labute approximate surface area is 78.8 Å². The van der Waals surface area contributed by atoms with E-state index in [1.165, 1.54) is 11.1 Å². The van der Waals surface area contributed by atoms with Crippen molar-refractivity contribution in [3.8, 4) is 0 Å². The van der Waals surface area contributed by atoms with Crippen molar-refractivity contribution in [1.29, 1.82) is 0 Å². The van der Waals surface area contributed by atoms with Crippen molar-refractivity contribution >= 4 is 6.29 Å². The monoisotopic (exact) mass is 177 g/mol. The second-order valence-electron chi connectivity index (χ2n) is 3.33. The van der Waals surface area contributed by atoms with Gasteiger partial charge in [-0.15, -0.1) is 0 Å². The van der Waals surface area contributed by atoms with Crippen molar-refractivity contribution in [3.63, 3.8) is 0 Å². The Balaban J connectivity index is 2.49. The number of aryl methyl sites for hydroxylation is 2. The van der Waals surface area contributed by atoms with Gasteiger partial charge in [0, 0.05) is 0 Å². The summed E-state index contributed by atoms with van der Waals surface area (Å²) in [5.41, 5.74) is 7.99. The third kappa shape index (κ3) is 3.38. The van der Waals surface area contributed by atoms with E-state index in [0.29, 0.717) is 0 Å². The van der Waals surface area contributed by atoms with Gasteiger partial charge in [-0.05, 0) is 25.3 Å². The van der Waals surface area contributed by atoms with E-state index in [9.17, 15) is 4.79 Å². The lowest BCUT2D eigenvalue weighted by atomic mass is 10.0. The highest BCUT2D eigenvalue weighted by molar-refractivity contribution is 5.56. The van der Waals surface area contributed by atoms with Gasteiger partial charge in [-0.25, -0.2) is 0 Å². The first-order valence-electron chi connectivity index (χ1n) is 4.49. The van der Waals surface area contributed by atoms with E-state index in [2.05, 4.69) is 25.1 Å². The molecule has 0 saturated carbocycles. The average molecular weight is 177 g/mol. The molecule has 0 aliphatic carbocycles. The SMILES string of the molecule is Cc1cccc(CC[C@H](N)C=O)c1. The lowest BCUT2D eigenvalue weighted by molar-refractivity contribution is -0.109. The van der Waals surface area contributed by atoms with E-state index in [4.69, 9.17) is 5.73 Å². The topological polar surface area (TPSA) is 43.1 Å². The molecule has 0 unspecified atom stereocenters. The third-order valence-corrected chi connectivity index (χ3v) is 2.02. The Morgan fingerprint density at radius 2 is 2.31 bits per heavy atom. The molecular formula is C11H15NO. The van der Waals surface area contributed by atoms with E-state index in [1.54, 1.807) is 0 Å². The predicted octanol–water partition coefficient (Wildman–Crippen LogP) is 1.45. The van der Waals surface area contributed by atoms with Crippen molar-refractivity contribution < 1.29 is 4.79 Å². The van der Waals surface area contributed by atoms with Gasteiger partial charge in [0.2, 0.25) is 0 Å². The Kier molecular flexibility index (Phi) is 3.65. The van der Waals surface area contributed by atoms with E-state index >= 15 is 0 Å². The van der Waals surface area contributed by atoms with Gasteiger partial charge in [-0.3, -0.25) is 0 Å². The van der Waals surface area contributed by atoms with Gasteiger partial charge in [-0.1, -0.05) is 29.8 Å². The van der Waals surface area contributed by atoms with Crippen molar-refractivity contribution in [2.75, 3.05) is 0 Å². The summed E-state index contributed by atoms with van der Waals surface area (Å²) in [6.45, 7) is 2.06. The van der Waals surface area contributed by atoms with Gasteiger partial charge in [0.25, 0.3) is 0 Å². The van der Waals surface area contributed by atoms with Gasteiger partial charge in [-0.2, -0.15) is 0 Å². The van der Waals surface area contributed by atoms with Crippen LogP contribution in [0.5, 0.6) is 0 Å². The predicted molar refractivity (Wildman–Crippen MR) is 53.5 cm³/mol. The van der Waals surface area contributed by atoms with E-state index in [0.717, 1.165) is 19.1 Å². The van der Waals surface area contributed by atoms with Gasteiger partial charge in [0.15, 0.2) is 0 Å². The molecule has 0 heterocycles. The number of hydrogen-bond donors (Lipinski definition) is 1. The number of nitrogens with two attached hydrogens (primary N) is 1. The fourth-order valence-electron chi connectivity index (χ4n) is 1.27. The molecule has 0 bridgehead atoms. The number of carbonyl (C=O) groups excluding carboxylic acids is 1. The average Bonchev–Trinajstić information content (AvgIpc) is 2.14. The van der Waals surface area contributed by atoms with Gasteiger partial charge in [0.1, 0.15) is 6.29 Å². The quantitative estimate of drug-likeness (QED) is 0.707. The number of hydrogen-bond acceptors (Lipinski definition) is 2. The second kappa shape index (κ2) is 4.77. The summed E-state index contributed by atoms with van der Waals surface area (Å²) in [5.74, 6) is 0. The number of benzene rings is 1. The molecule has 1 aromatic rings. The standard InChI is InChI=1S/C11H15NO/c1-9-3-2-4-10(7-9)5-6-11(12)8-13/h2-4,7-8,11H,5-6,12H2,1H3/t11-/m0/s1. The Bertz CT molecular complexity index is 283. The summed E-state index contributed by atoms with van der Waals surface area (Å²) < 4.78 is 0. The maximum absolute atomic E-state index is 10.3. The van der Waals surface area contributed by atoms with Crippen LogP contribution in [-0.2, 0) is 11.2 Å². The van der Waals surface area contributed by atoms with Crippen LogP contribution in [0.4, 0.5) is 0 Å². The highest BCUT2D eigenvalue weighted by Gasteiger charge is 2.00. The molecule has 1 atom stereocenters. The summed E-state index contributed by atoms with van der Waals surface area (Å²) in [6.07, 6.45) is 2.41. The molecule has 0 radical (unpaired) electrons. The molecule has 70 valence electrons. The van der Waals surface area contributed by atoms with Crippen LogP contribution in [0.15, 0.2) is 24.3 Å². The highest BCUT2D eigenvalue weighted by Crippen LogP contribution is 2.06. The molecule has 13 heavy (non-hydrogen) atoms. The molecule has 0 saturated heterocycles. The van der Waals surface area contributed by atoms with E-state index in [1.807, 2.05) is 6.07 Å². The fourth-order valence-corrected chi connectivity index (χ4v) is 1.27. The number of rotatable bonds is 4. The largest absolute Gasteiger partial charge is 0.322 e. The van der Waals surface area contributed by atoms with Crippen LogP contribution in [0.1, 0.15) is 17.5 Å². The van der Waals surface area contributed by atoms with Crippen molar-refractivity contribution in [1.82, 2.24) is 0 Å². The minimum Gasteiger partial charge on any atom is -0.322 e. The highest BCUT2D eigenvalue weighted by atomic mass is 16.1. The number of carbonyl (C=O) groups is 1. The lowest BCUT2D eigenvalue weighted by Crippen LogP contribution is -2.21. The molecule has 0 aromatic heterocycles. The third-order valence-electron chi connectivity index (χ3n) is 2.02. The van der Waals surface area contributed by atoms with Crippen molar-refractivity contribution in [2.45, 2.75) is 25.8 Å². The Morgan fingerprint density at radius 1 is 1.54 bits per heavy atom. The zero-order valence-electron chi connectivity index (χ0n) is 7.86. The molecule has 2 N–H and O–H groups in total. The van der Waals surface area contributed by atoms with Gasteiger partial charge in [0.05, 0.1) is 6.04 Å². The molecule has 1 aromatic carbocycles. The lowest BCUT2D eigenvalue weighted by Gasteiger charge is -2.04. The summed E-state index contributed by atoms with van der Waals surface area (Å²) in [4.78, 5) is 10.3. The van der Waals surface area contributed by atoms with Crippen LogP contribution in [0, 0.1) is 6.92 Å². The van der Waals surface area contributed by atoms with Crippen LogP contribution in [0.3, 0.4) is 0 Å². The molecule has 0 aliphatic heterocycles. The maximum Gasteiger partial charge on any atom is 0.136 e. The van der Waals surface area contributed by atoms with Crippen molar-refractivity contribution in [3.05, 3.63) is 35.4 Å². The second-order valence-corrected chi connectivity index (χ2v) is 3.33. The van der Waals surface area contributed by atoms with Crippen LogP contribution in [0.2, 0.25) is 0 Å². The first-order valence-corrected chi connectivity index (χ1v) is 4.49. The zero-order chi connectivity index (χ0) is 9.68. The molecule has 0 aliphatic rings. The number of aldehydes is 1. The molecule has 1 rings (SSSR count). The summed E-state index contributed by atoms with van der Waals surface area (Å²) in [5, 5.41) is 0. The minimum absolute atomic E-state index is 0.319. The summed E-state index contributed by atoms with van der Waals surface area (Å²) >= 11 is 0. The normalized spacial score (nSPS) is 12.5. The van der Waals surface area contributed by atoms with Crippen LogP contribution in [-0.4, -0.2) is 12.3 Å². The van der Waals surface area contributed by atoms with Gasteiger partial charge < -0.3 is 10.5 Å². The van der Waals surface area contributed by atoms with Crippen LogP contribution < -0.4 is 5.73 Å². The molecule has 0 amide bonds. The molecule has 2 nitrogen and oxygen atoms in total.